The quantitative estimate of drug-likeness (QED) is 0.811. The van der Waals surface area contributed by atoms with Crippen LogP contribution in [0.15, 0.2) is 16.9 Å². The number of benzene rings is 1. The first-order valence-electron chi connectivity index (χ1n) is 9.08. The van der Waals surface area contributed by atoms with Crippen molar-refractivity contribution in [3.63, 3.8) is 0 Å². The third-order valence-electron chi connectivity index (χ3n) is 5.03. The lowest BCUT2D eigenvalue weighted by molar-refractivity contribution is -0.0146. The molecule has 1 atom stereocenters. The van der Waals surface area contributed by atoms with Gasteiger partial charge in [-0.1, -0.05) is 0 Å². The summed E-state index contributed by atoms with van der Waals surface area (Å²) in [6.07, 6.45) is 0.699. The van der Waals surface area contributed by atoms with Crippen LogP contribution in [0.2, 0.25) is 0 Å². The zero-order valence-corrected chi connectivity index (χ0v) is 16.4. The monoisotopic (exact) mass is 376 g/mol. The second kappa shape index (κ2) is 7.61. The zero-order valence-electron chi connectivity index (χ0n) is 16.4. The van der Waals surface area contributed by atoms with Gasteiger partial charge in [0, 0.05) is 41.3 Å². The lowest BCUT2D eigenvalue weighted by Crippen LogP contribution is -2.47. The van der Waals surface area contributed by atoms with Gasteiger partial charge < -0.3 is 25.6 Å². The molecular weight excluding hydrogens is 348 g/mol. The third-order valence-corrected chi connectivity index (χ3v) is 5.03. The lowest BCUT2D eigenvalue weighted by Gasteiger charge is -2.33. The van der Waals surface area contributed by atoms with Crippen LogP contribution >= 0.6 is 0 Å². The van der Waals surface area contributed by atoms with Gasteiger partial charge in [-0.25, -0.2) is 9.59 Å². The van der Waals surface area contributed by atoms with Gasteiger partial charge in [-0.2, -0.15) is 0 Å². The first-order valence-corrected chi connectivity index (χ1v) is 9.08. The molecule has 3 N–H and O–H groups in total. The maximum atomic E-state index is 12.8. The number of aryl methyl sites for hydroxylation is 2. The Morgan fingerprint density at radius 2 is 1.96 bits per heavy atom. The van der Waals surface area contributed by atoms with Crippen molar-refractivity contribution >= 4 is 28.4 Å². The number of anilines is 2. The highest BCUT2D eigenvalue weighted by Crippen LogP contribution is 2.30. The Bertz CT molecular complexity index is 899. The number of urea groups is 1. The Balaban J connectivity index is 1.91. The predicted octanol–water partition coefficient (Wildman–Crippen LogP) is 0.525. The van der Waals surface area contributed by atoms with Gasteiger partial charge in [-0.15, -0.1) is 0 Å². The van der Waals surface area contributed by atoms with Gasteiger partial charge in [0.2, 0.25) is 0 Å². The predicted molar refractivity (Wildman–Crippen MR) is 106 cm³/mol. The molecule has 1 aliphatic rings. The molecule has 1 aromatic carbocycles. The summed E-state index contributed by atoms with van der Waals surface area (Å²) in [6, 6.07) is 3.59. The van der Waals surface area contributed by atoms with Gasteiger partial charge >= 0.3 is 11.7 Å². The van der Waals surface area contributed by atoms with Crippen molar-refractivity contribution in [3.05, 3.63) is 22.6 Å². The molecule has 2 amide bonds. The molecule has 148 valence electrons. The highest BCUT2D eigenvalue weighted by molar-refractivity contribution is 5.97. The number of hydrogen-bond donors (Lipinski definition) is 2. The number of nitrogens with one attached hydrogen (secondary N) is 1. The summed E-state index contributed by atoms with van der Waals surface area (Å²) in [4.78, 5) is 28.7. The summed E-state index contributed by atoms with van der Waals surface area (Å²) in [7, 11) is 7.28. The van der Waals surface area contributed by atoms with Crippen LogP contribution in [0, 0.1) is 0 Å². The maximum absolute atomic E-state index is 12.8. The third kappa shape index (κ3) is 3.65. The number of fused-ring (bicyclic) bond motifs is 1. The van der Waals surface area contributed by atoms with Crippen LogP contribution in [-0.4, -0.2) is 66.5 Å². The Hall–Kier alpha value is -2.52. The molecule has 0 saturated carbocycles. The summed E-state index contributed by atoms with van der Waals surface area (Å²) < 4.78 is 8.83. The number of rotatable bonds is 4. The average molecular weight is 376 g/mol. The highest BCUT2D eigenvalue weighted by atomic mass is 16.5. The molecule has 2 heterocycles. The number of aromatic nitrogens is 2. The number of imidazole rings is 1. The molecule has 27 heavy (non-hydrogen) atoms. The van der Waals surface area contributed by atoms with Crippen LogP contribution in [0.3, 0.4) is 0 Å². The molecule has 0 aliphatic carbocycles. The van der Waals surface area contributed by atoms with Crippen LogP contribution in [0.4, 0.5) is 16.2 Å². The van der Waals surface area contributed by atoms with E-state index in [-0.39, 0.29) is 17.8 Å². The number of nitrogens with two attached hydrogens (primary N) is 1. The summed E-state index contributed by atoms with van der Waals surface area (Å²) in [5.74, 6) is 0. The van der Waals surface area contributed by atoms with E-state index in [0.717, 1.165) is 23.1 Å². The van der Waals surface area contributed by atoms with Crippen molar-refractivity contribution < 1.29 is 9.53 Å². The van der Waals surface area contributed by atoms with Crippen LogP contribution in [0.25, 0.3) is 11.0 Å². The van der Waals surface area contributed by atoms with Crippen molar-refractivity contribution in [1.82, 2.24) is 14.0 Å². The minimum Gasteiger partial charge on any atom is -0.376 e. The van der Waals surface area contributed by atoms with Crippen molar-refractivity contribution in [2.24, 2.45) is 19.8 Å². The van der Waals surface area contributed by atoms with Gasteiger partial charge in [-0.3, -0.25) is 9.13 Å². The number of nitrogens with zero attached hydrogens (tertiary/aromatic N) is 4. The van der Waals surface area contributed by atoms with Crippen LogP contribution in [-0.2, 0) is 18.8 Å². The average Bonchev–Trinajstić information content (AvgIpc) is 2.85. The molecular formula is C18H28N6O3. The van der Waals surface area contributed by atoms with E-state index in [1.165, 1.54) is 0 Å². The zero-order chi connectivity index (χ0) is 19.7. The fourth-order valence-corrected chi connectivity index (χ4v) is 3.46. The van der Waals surface area contributed by atoms with Gasteiger partial charge in [-0.05, 0) is 25.1 Å². The summed E-state index contributed by atoms with van der Waals surface area (Å²) in [5, 5.41) is 3.01. The molecule has 3 rings (SSSR count). The van der Waals surface area contributed by atoms with Crippen LogP contribution < -0.4 is 21.6 Å². The maximum Gasteiger partial charge on any atom is 0.328 e. The van der Waals surface area contributed by atoms with Crippen LogP contribution in [0.5, 0.6) is 0 Å². The minimum absolute atomic E-state index is 0.0276. The Labute approximate surface area is 158 Å². The molecule has 2 aromatic rings. The fraction of sp³-hybridized carbons (Fsp3) is 0.556. The van der Waals surface area contributed by atoms with Crippen molar-refractivity contribution in [2.75, 3.05) is 50.6 Å². The standard InChI is InChI=1S/C18H28N6O3/c1-21(2)14-10-16-15(22(3)18(26)23(16)4)9-13(14)20-17(25)24-7-8-27-12(11-24)5-6-19/h9-10,12H,5-8,11,19H2,1-4H3,(H,20,25). The number of hydrogen-bond acceptors (Lipinski definition) is 5. The van der Waals surface area contributed by atoms with Gasteiger partial charge in [0.05, 0.1) is 35.1 Å². The Morgan fingerprint density at radius 1 is 1.30 bits per heavy atom. The minimum atomic E-state index is -0.177. The highest BCUT2D eigenvalue weighted by Gasteiger charge is 2.25. The molecule has 9 nitrogen and oxygen atoms in total. The number of morpholine rings is 1. The van der Waals surface area contributed by atoms with E-state index in [1.807, 2.05) is 31.1 Å². The van der Waals surface area contributed by atoms with Crippen molar-refractivity contribution in [1.29, 1.82) is 0 Å². The van der Waals surface area contributed by atoms with E-state index in [1.54, 1.807) is 28.1 Å². The molecule has 1 aromatic heterocycles. The molecule has 0 bridgehead atoms. The smallest absolute Gasteiger partial charge is 0.328 e. The van der Waals surface area contributed by atoms with E-state index in [2.05, 4.69) is 5.32 Å². The summed E-state index contributed by atoms with van der Waals surface area (Å²) >= 11 is 0. The van der Waals surface area contributed by atoms with E-state index >= 15 is 0 Å². The molecule has 1 fully saturated rings. The number of carbonyl (C=O) groups is 1. The van der Waals surface area contributed by atoms with Gasteiger partial charge in [0.15, 0.2) is 0 Å². The number of ether oxygens (including phenoxy) is 1. The largest absolute Gasteiger partial charge is 0.376 e. The lowest BCUT2D eigenvalue weighted by atomic mass is 10.2. The van der Waals surface area contributed by atoms with E-state index in [4.69, 9.17) is 10.5 Å². The van der Waals surface area contributed by atoms with Gasteiger partial charge in [0.25, 0.3) is 0 Å². The molecule has 1 saturated heterocycles. The first kappa shape index (κ1) is 19.2. The number of amides is 2. The van der Waals surface area contributed by atoms with Crippen LogP contribution in [0.1, 0.15) is 6.42 Å². The fourth-order valence-electron chi connectivity index (χ4n) is 3.46. The molecule has 1 aliphatic heterocycles. The number of carbonyl (C=O) groups excluding carboxylic acids is 1. The second-order valence-electron chi connectivity index (χ2n) is 7.10. The van der Waals surface area contributed by atoms with Crippen molar-refractivity contribution in [3.8, 4) is 0 Å². The van der Waals surface area contributed by atoms with E-state index < -0.39 is 0 Å². The SMILES string of the molecule is CN(C)c1cc2c(cc1NC(=O)N1CCOC(CCN)C1)n(C)c(=O)n2C. The van der Waals surface area contributed by atoms with Crippen molar-refractivity contribution in [2.45, 2.75) is 12.5 Å². The summed E-state index contributed by atoms with van der Waals surface area (Å²) in [6.45, 7) is 2.09. The van der Waals surface area contributed by atoms with E-state index in [0.29, 0.717) is 31.9 Å². The molecule has 9 heteroatoms. The summed E-state index contributed by atoms with van der Waals surface area (Å²) in [5.41, 5.74) is 8.60. The van der Waals surface area contributed by atoms with Gasteiger partial charge in [0.1, 0.15) is 0 Å². The molecule has 1 unspecified atom stereocenters. The first-order chi connectivity index (χ1) is 12.8. The topological polar surface area (TPSA) is 97.8 Å². The van der Waals surface area contributed by atoms with E-state index in [9.17, 15) is 9.59 Å². The normalized spacial score (nSPS) is 17.4. The Kier molecular flexibility index (Phi) is 5.43. The second-order valence-corrected chi connectivity index (χ2v) is 7.10. The molecule has 0 radical (unpaired) electrons. The Morgan fingerprint density at radius 3 is 2.59 bits per heavy atom. The molecule has 0 spiro atoms.